The van der Waals surface area contributed by atoms with Crippen molar-refractivity contribution in [3.8, 4) is 17.2 Å². The van der Waals surface area contributed by atoms with Crippen molar-refractivity contribution in [2.45, 2.75) is 13.3 Å². The predicted molar refractivity (Wildman–Crippen MR) is 47.9 cm³/mol. The lowest BCUT2D eigenvalue weighted by Crippen LogP contribution is -2.02. The molecule has 0 saturated carbocycles. The number of benzene rings is 1. The lowest BCUT2D eigenvalue weighted by molar-refractivity contribution is 0.363. The minimum absolute atomic E-state index is 0.0697. The summed E-state index contributed by atoms with van der Waals surface area (Å²) in [7, 11) is 0. The zero-order chi connectivity index (χ0) is 9.42. The van der Waals surface area contributed by atoms with Crippen LogP contribution in [-0.4, -0.2) is 10.2 Å². The third-order valence-electron chi connectivity index (χ3n) is 2.07. The van der Waals surface area contributed by atoms with Crippen LogP contribution in [0, 0.1) is 0 Å². The average Bonchev–Trinajstić information content (AvgIpc) is 2.12. The molecule has 0 fully saturated rings. The minimum atomic E-state index is 0.0697. The monoisotopic (exact) mass is 178 g/mol. The van der Waals surface area contributed by atoms with E-state index >= 15 is 0 Å². The normalized spacial score (nSPS) is 14.4. The molecule has 0 bridgehead atoms. The second-order valence-electron chi connectivity index (χ2n) is 3.03. The lowest BCUT2D eigenvalue weighted by atomic mass is 10.1. The molecule has 68 valence electrons. The van der Waals surface area contributed by atoms with Crippen LogP contribution in [-0.2, 0) is 6.42 Å². The highest BCUT2D eigenvalue weighted by molar-refractivity contribution is 5.55. The van der Waals surface area contributed by atoms with Crippen LogP contribution >= 0.6 is 0 Å². The van der Waals surface area contributed by atoms with E-state index < -0.39 is 0 Å². The second kappa shape index (κ2) is 2.69. The fraction of sp³-hybridized carbons (Fsp3) is 0.200. The molecule has 3 heteroatoms. The first-order valence-corrected chi connectivity index (χ1v) is 4.07. The molecule has 1 aliphatic heterocycles. The molecule has 0 aliphatic carbocycles. The van der Waals surface area contributed by atoms with Gasteiger partial charge in [0.2, 0.25) is 0 Å². The van der Waals surface area contributed by atoms with Gasteiger partial charge in [-0.25, -0.2) is 0 Å². The third-order valence-corrected chi connectivity index (χ3v) is 2.07. The standard InChI is InChI=1S/C10H10O3/c1-6-2-3-7-8(11)4-5-9(12)10(7)13-6/h2,4-5,11-12H,3H2,1H3. The summed E-state index contributed by atoms with van der Waals surface area (Å²) in [6.07, 6.45) is 2.46. The molecule has 0 spiro atoms. The molecule has 3 nitrogen and oxygen atoms in total. The van der Waals surface area contributed by atoms with Crippen LogP contribution in [0.3, 0.4) is 0 Å². The first kappa shape index (κ1) is 7.98. The number of rotatable bonds is 0. The molecule has 0 aromatic heterocycles. The van der Waals surface area contributed by atoms with Gasteiger partial charge in [0.25, 0.3) is 0 Å². The smallest absolute Gasteiger partial charge is 0.175 e. The quantitative estimate of drug-likeness (QED) is 0.597. The Kier molecular flexibility index (Phi) is 1.65. The summed E-state index contributed by atoms with van der Waals surface area (Å²) in [5.41, 5.74) is 0.644. The van der Waals surface area contributed by atoms with E-state index in [1.807, 2.05) is 13.0 Å². The van der Waals surface area contributed by atoms with Gasteiger partial charge in [0, 0.05) is 12.0 Å². The summed E-state index contributed by atoms with van der Waals surface area (Å²) in [4.78, 5) is 0. The van der Waals surface area contributed by atoms with Gasteiger partial charge in [-0.1, -0.05) is 0 Å². The zero-order valence-electron chi connectivity index (χ0n) is 7.24. The summed E-state index contributed by atoms with van der Waals surface area (Å²) in [5.74, 6) is 1.35. The topological polar surface area (TPSA) is 49.7 Å². The Balaban J connectivity index is 2.56. The third kappa shape index (κ3) is 1.22. The van der Waals surface area contributed by atoms with Crippen molar-refractivity contribution < 1.29 is 14.9 Å². The molecule has 13 heavy (non-hydrogen) atoms. The number of phenolic OH excluding ortho intramolecular Hbond substituents is 2. The van der Waals surface area contributed by atoms with E-state index in [4.69, 9.17) is 4.74 Å². The Morgan fingerprint density at radius 3 is 2.69 bits per heavy atom. The van der Waals surface area contributed by atoms with Gasteiger partial charge in [-0.05, 0) is 25.1 Å². The van der Waals surface area contributed by atoms with Gasteiger partial charge in [-0.15, -0.1) is 0 Å². The number of aromatic hydroxyl groups is 2. The molecule has 2 N–H and O–H groups in total. The molecule has 1 aromatic rings. The van der Waals surface area contributed by atoms with Gasteiger partial charge in [0.1, 0.15) is 5.75 Å². The molecule has 1 aromatic carbocycles. The Hall–Kier alpha value is -1.64. The molecule has 2 rings (SSSR count). The molecule has 1 aliphatic rings. The maximum absolute atomic E-state index is 9.45. The highest BCUT2D eigenvalue weighted by Crippen LogP contribution is 2.39. The highest BCUT2D eigenvalue weighted by Gasteiger charge is 2.17. The number of fused-ring (bicyclic) bond motifs is 1. The summed E-state index contributed by atoms with van der Waals surface area (Å²) < 4.78 is 5.29. The Bertz CT molecular complexity index is 380. The summed E-state index contributed by atoms with van der Waals surface area (Å²) >= 11 is 0. The Labute approximate surface area is 75.9 Å². The van der Waals surface area contributed by atoms with Gasteiger partial charge in [-0.3, -0.25) is 0 Å². The average molecular weight is 178 g/mol. The van der Waals surface area contributed by atoms with Gasteiger partial charge >= 0.3 is 0 Å². The van der Waals surface area contributed by atoms with E-state index in [1.165, 1.54) is 12.1 Å². The minimum Gasteiger partial charge on any atom is -0.508 e. The zero-order valence-corrected chi connectivity index (χ0v) is 7.24. The molecule has 0 atom stereocenters. The fourth-order valence-corrected chi connectivity index (χ4v) is 1.36. The number of allylic oxidation sites excluding steroid dienone is 2. The Morgan fingerprint density at radius 1 is 1.23 bits per heavy atom. The van der Waals surface area contributed by atoms with Crippen molar-refractivity contribution >= 4 is 0 Å². The van der Waals surface area contributed by atoms with Crippen molar-refractivity contribution in [2.75, 3.05) is 0 Å². The summed E-state index contributed by atoms with van der Waals surface area (Å²) in [6.45, 7) is 1.81. The number of ether oxygens (including phenoxy) is 1. The van der Waals surface area contributed by atoms with Crippen molar-refractivity contribution in [3.05, 3.63) is 29.5 Å². The first-order chi connectivity index (χ1) is 6.18. The molecular weight excluding hydrogens is 168 g/mol. The maximum Gasteiger partial charge on any atom is 0.175 e. The first-order valence-electron chi connectivity index (χ1n) is 4.07. The van der Waals surface area contributed by atoms with Crippen LogP contribution in [0.2, 0.25) is 0 Å². The second-order valence-corrected chi connectivity index (χ2v) is 3.03. The summed E-state index contributed by atoms with van der Waals surface area (Å²) in [6, 6.07) is 2.89. The summed E-state index contributed by atoms with van der Waals surface area (Å²) in [5, 5.41) is 18.9. The van der Waals surface area contributed by atoms with E-state index in [0.717, 1.165) is 5.76 Å². The van der Waals surface area contributed by atoms with Gasteiger partial charge < -0.3 is 14.9 Å². The van der Waals surface area contributed by atoms with E-state index in [-0.39, 0.29) is 11.5 Å². The predicted octanol–water partition coefficient (Wildman–Crippen LogP) is 1.94. The maximum atomic E-state index is 9.45. The van der Waals surface area contributed by atoms with Crippen LogP contribution in [0.4, 0.5) is 0 Å². The Morgan fingerprint density at radius 2 is 1.92 bits per heavy atom. The largest absolute Gasteiger partial charge is 0.508 e. The molecule has 0 amide bonds. The molecule has 0 saturated heterocycles. The van der Waals surface area contributed by atoms with Crippen molar-refractivity contribution in [2.24, 2.45) is 0 Å². The fourth-order valence-electron chi connectivity index (χ4n) is 1.36. The number of hydrogen-bond donors (Lipinski definition) is 2. The molecule has 1 heterocycles. The molecule has 0 radical (unpaired) electrons. The number of phenols is 2. The van der Waals surface area contributed by atoms with Crippen molar-refractivity contribution in [3.63, 3.8) is 0 Å². The van der Waals surface area contributed by atoms with Crippen molar-refractivity contribution in [1.29, 1.82) is 0 Å². The molecular formula is C10H10O3. The highest BCUT2D eigenvalue weighted by atomic mass is 16.5. The SMILES string of the molecule is CC1=CCc2c(O)ccc(O)c2O1. The van der Waals surface area contributed by atoms with Gasteiger partial charge in [-0.2, -0.15) is 0 Å². The van der Waals surface area contributed by atoms with Gasteiger partial charge in [0.15, 0.2) is 11.5 Å². The van der Waals surface area contributed by atoms with Crippen LogP contribution in [0.25, 0.3) is 0 Å². The van der Waals surface area contributed by atoms with E-state index in [1.54, 1.807) is 0 Å². The lowest BCUT2D eigenvalue weighted by Gasteiger charge is -2.17. The van der Waals surface area contributed by atoms with E-state index in [0.29, 0.717) is 17.7 Å². The van der Waals surface area contributed by atoms with Crippen LogP contribution in [0.1, 0.15) is 12.5 Å². The van der Waals surface area contributed by atoms with Crippen molar-refractivity contribution in [1.82, 2.24) is 0 Å². The van der Waals surface area contributed by atoms with E-state index in [9.17, 15) is 10.2 Å². The van der Waals surface area contributed by atoms with E-state index in [2.05, 4.69) is 0 Å². The van der Waals surface area contributed by atoms with Gasteiger partial charge in [0.05, 0.1) is 5.76 Å². The molecule has 0 unspecified atom stereocenters. The van der Waals surface area contributed by atoms with Crippen LogP contribution in [0.15, 0.2) is 24.0 Å². The number of hydrogen-bond acceptors (Lipinski definition) is 3. The van der Waals surface area contributed by atoms with Crippen LogP contribution in [0.5, 0.6) is 17.2 Å². The van der Waals surface area contributed by atoms with Crippen LogP contribution < -0.4 is 4.74 Å².